The zero-order valence-electron chi connectivity index (χ0n) is 21.1. The lowest BCUT2D eigenvalue weighted by Crippen LogP contribution is -2.28. The number of halogens is 1. The molecule has 2 aromatic carbocycles. The van der Waals surface area contributed by atoms with Crippen molar-refractivity contribution in [2.24, 2.45) is 4.99 Å². The van der Waals surface area contributed by atoms with Gasteiger partial charge in [-0.15, -0.1) is 0 Å². The number of fused-ring (bicyclic) bond motifs is 1. The highest BCUT2D eigenvalue weighted by atomic mass is 35.5. The Morgan fingerprint density at radius 2 is 1.95 bits per heavy atom. The number of methoxy groups -OCH3 is 1. The summed E-state index contributed by atoms with van der Waals surface area (Å²) in [7, 11) is 1.63. The third kappa shape index (κ3) is 6.48. The predicted octanol–water partition coefficient (Wildman–Crippen LogP) is 5.64. The molecule has 198 valence electrons. The van der Waals surface area contributed by atoms with Crippen LogP contribution in [0.3, 0.4) is 0 Å². The molecule has 0 atom stereocenters. The number of aromatic nitrogens is 1. The molecule has 0 saturated heterocycles. The number of rotatable bonds is 10. The van der Waals surface area contributed by atoms with Crippen molar-refractivity contribution in [3.05, 3.63) is 81.6 Å². The summed E-state index contributed by atoms with van der Waals surface area (Å²) < 4.78 is 12.1. The topological polar surface area (TPSA) is 102 Å². The molecule has 0 bridgehead atoms. The van der Waals surface area contributed by atoms with Gasteiger partial charge in [0.05, 0.1) is 17.2 Å². The quantitative estimate of drug-likeness (QED) is 0.249. The first kappa shape index (κ1) is 27.5. The van der Waals surface area contributed by atoms with Crippen molar-refractivity contribution >= 4 is 62.9 Å². The molecule has 1 aliphatic heterocycles. The number of carbonyl (C=O) groups is 2. The molecule has 10 heteroatoms. The SMILES string of the molecule is CCOC(=O)C1=C(O)/C(=C/c2cn(CC(=O)NCCCOC)c3ccccc23)SC1=Nc1ccc(Cl)cc1. The van der Waals surface area contributed by atoms with Gasteiger partial charge in [-0.3, -0.25) is 4.79 Å². The van der Waals surface area contributed by atoms with Crippen molar-refractivity contribution in [2.45, 2.75) is 19.9 Å². The monoisotopic (exact) mass is 553 g/mol. The highest BCUT2D eigenvalue weighted by Gasteiger charge is 2.33. The summed E-state index contributed by atoms with van der Waals surface area (Å²) in [6.45, 7) is 3.12. The van der Waals surface area contributed by atoms with Gasteiger partial charge in [-0.1, -0.05) is 41.6 Å². The Bertz CT molecular complexity index is 1430. The molecule has 2 N–H and O–H groups in total. The van der Waals surface area contributed by atoms with E-state index in [1.54, 1.807) is 44.4 Å². The summed E-state index contributed by atoms with van der Waals surface area (Å²) in [4.78, 5) is 30.3. The molecule has 0 spiro atoms. The van der Waals surface area contributed by atoms with Gasteiger partial charge in [0.25, 0.3) is 0 Å². The highest BCUT2D eigenvalue weighted by Crippen LogP contribution is 2.41. The molecule has 38 heavy (non-hydrogen) atoms. The second-order valence-electron chi connectivity index (χ2n) is 8.37. The fourth-order valence-electron chi connectivity index (χ4n) is 3.94. The van der Waals surface area contributed by atoms with Crippen LogP contribution in [-0.2, 0) is 25.6 Å². The summed E-state index contributed by atoms with van der Waals surface area (Å²) >= 11 is 7.16. The van der Waals surface area contributed by atoms with E-state index in [4.69, 9.17) is 21.1 Å². The third-order valence-electron chi connectivity index (χ3n) is 5.69. The molecule has 0 aliphatic carbocycles. The summed E-state index contributed by atoms with van der Waals surface area (Å²) in [6.07, 6.45) is 4.38. The van der Waals surface area contributed by atoms with Gasteiger partial charge in [0.15, 0.2) is 0 Å². The van der Waals surface area contributed by atoms with E-state index in [-0.39, 0.29) is 30.4 Å². The normalized spacial score (nSPS) is 15.6. The second-order valence-corrected chi connectivity index (χ2v) is 9.84. The highest BCUT2D eigenvalue weighted by molar-refractivity contribution is 8.18. The Balaban J connectivity index is 1.68. The lowest BCUT2D eigenvalue weighted by molar-refractivity contribution is -0.138. The van der Waals surface area contributed by atoms with Gasteiger partial charge in [-0.2, -0.15) is 0 Å². The maximum atomic E-state index is 12.7. The summed E-state index contributed by atoms with van der Waals surface area (Å²) in [5.41, 5.74) is 2.26. The molecule has 8 nitrogen and oxygen atoms in total. The number of benzene rings is 2. The molecule has 1 aliphatic rings. The zero-order valence-corrected chi connectivity index (χ0v) is 22.6. The minimum Gasteiger partial charge on any atom is -0.506 e. The number of hydrogen-bond donors (Lipinski definition) is 2. The molecule has 3 aromatic rings. The van der Waals surface area contributed by atoms with Crippen LogP contribution in [0.1, 0.15) is 18.9 Å². The van der Waals surface area contributed by atoms with Gasteiger partial charge in [0.1, 0.15) is 22.9 Å². The third-order valence-corrected chi connectivity index (χ3v) is 6.97. The number of nitrogens with zero attached hydrogens (tertiary/aromatic N) is 2. The van der Waals surface area contributed by atoms with E-state index in [0.29, 0.717) is 33.8 Å². The molecule has 1 aromatic heterocycles. The number of carbonyl (C=O) groups excluding carboxylic acids is 2. The molecule has 0 radical (unpaired) electrons. The molecular formula is C28H28ClN3O5S. The van der Waals surface area contributed by atoms with Crippen LogP contribution in [0.5, 0.6) is 0 Å². The molecule has 4 rings (SSSR count). The van der Waals surface area contributed by atoms with E-state index in [0.717, 1.165) is 22.9 Å². The Kier molecular flexibility index (Phi) is 9.28. The average molecular weight is 554 g/mol. The predicted molar refractivity (Wildman–Crippen MR) is 152 cm³/mol. The Morgan fingerprint density at radius 3 is 2.68 bits per heavy atom. The lowest BCUT2D eigenvalue weighted by Gasteiger charge is -2.07. The van der Waals surface area contributed by atoms with E-state index in [1.807, 2.05) is 35.0 Å². The standard InChI is InChI=1S/C28H28ClN3O5S/c1-3-37-28(35)25-26(34)23(38-27(25)31-20-11-9-19(29)10-12-20)15-18-16-32(22-8-5-4-7-21(18)22)17-24(33)30-13-6-14-36-2/h4-5,7-12,15-16,34H,3,6,13-14,17H2,1-2H3,(H,30,33)/b23-15-,31-27?. The Morgan fingerprint density at radius 1 is 1.18 bits per heavy atom. The van der Waals surface area contributed by atoms with Crippen molar-refractivity contribution in [2.75, 3.05) is 26.9 Å². The molecule has 0 unspecified atom stereocenters. The van der Waals surface area contributed by atoms with Crippen molar-refractivity contribution in [1.29, 1.82) is 0 Å². The summed E-state index contributed by atoms with van der Waals surface area (Å²) in [5.74, 6) is -0.962. The van der Waals surface area contributed by atoms with Crippen LogP contribution < -0.4 is 5.32 Å². The average Bonchev–Trinajstić information content (AvgIpc) is 3.40. The van der Waals surface area contributed by atoms with Gasteiger partial charge in [-0.05, 0) is 49.8 Å². The van der Waals surface area contributed by atoms with Crippen molar-refractivity contribution in [1.82, 2.24) is 9.88 Å². The van der Waals surface area contributed by atoms with Gasteiger partial charge >= 0.3 is 5.97 Å². The molecule has 1 amide bonds. The van der Waals surface area contributed by atoms with Crippen molar-refractivity contribution in [3.63, 3.8) is 0 Å². The smallest absolute Gasteiger partial charge is 0.344 e. The first-order chi connectivity index (χ1) is 18.4. The number of amides is 1. The van der Waals surface area contributed by atoms with Crippen molar-refractivity contribution < 1.29 is 24.2 Å². The van der Waals surface area contributed by atoms with Gasteiger partial charge in [0.2, 0.25) is 5.91 Å². The number of aliphatic imine (C=N–C) groups is 1. The number of thioether (sulfide) groups is 1. The van der Waals surface area contributed by atoms with E-state index < -0.39 is 5.97 Å². The maximum absolute atomic E-state index is 12.7. The minimum absolute atomic E-state index is 0.0113. The summed E-state index contributed by atoms with van der Waals surface area (Å²) in [6, 6.07) is 14.6. The van der Waals surface area contributed by atoms with Crippen LogP contribution in [0.4, 0.5) is 5.69 Å². The van der Waals surface area contributed by atoms with E-state index >= 15 is 0 Å². The lowest BCUT2D eigenvalue weighted by atomic mass is 10.1. The van der Waals surface area contributed by atoms with Crippen LogP contribution in [0.15, 0.2) is 76.0 Å². The number of para-hydroxylation sites is 1. The van der Waals surface area contributed by atoms with Gasteiger partial charge in [-0.25, -0.2) is 9.79 Å². The fourth-order valence-corrected chi connectivity index (χ4v) is 5.09. The van der Waals surface area contributed by atoms with Crippen LogP contribution in [0.25, 0.3) is 17.0 Å². The largest absolute Gasteiger partial charge is 0.506 e. The van der Waals surface area contributed by atoms with Crippen LogP contribution >= 0.6 is 23.4 Å². The number of aliphatic hydroxyl groups is 1. The number of ether oxygens (including phenoxy) is 2. The minimum atomic E-state index is -0.652. The second kappa shape index (κ2) is 12.8. The number of hydrogen-bond acceptors (Lipinski definition) is 7. The van der Waals surface area contributed by atoms with Crippen LogP contribution in [0.2, 0.25) is 5.02 Å². The maximum Gasteiger partial charge on any atom is 0.344 e. The molecule has 0 fully saturated rings. The zero-order chi connectivity index (χ0) is 27.1. The Labute approximate surface area is 230 Å². The fraction of sp³-hybridized carbons (Fsp3) is 0.250. The van der Waals surface area contributed by atoms with Crippen LogP contribution in [0, 0.1) is 0 Å². The molecular weight excluding hydrogens is 526 g/mol. The number of aliphatic hydroxyl groups excluding tert-OH is 1. The number of nitrogens with one attached hydrogen (secondary N) is 1. The molecule has 2 heterocycles. The van der Waals surface area contributed by atoms with E-state index in [1.165, 1.54) is 11.8 Å². The Hall–Kier alpha value is -3.53. The van der Waals surface area contributed by atoms with Crippen LogP contribution in [-0.4, -0.2) is 53.5 Å². The van der Waals surface area contributed by atoms with Crippen molar-refractivity contribution in [3.8, 4) is 0 Å². The molecule has 0 saturated carbocycles. The van der Waals surface area contributed by atoms with Gasteiger partial charge in [0, 0.05) is 47.9 Å². The summed E-state index contributed by atoms with van der Waals surface area (Å²) in [5, 5.41) is 15.8. The van der Waals surface area contributed by atoms with E-state index in [2.05, 4.69) is 10.3 Å². The van der Waals surface area contributed by atoms with Gasteiger partial charge < -0.3 is 24.5 Å². The number of esters is 1. The van der Waals surface area contributed by atoms with E-state index in [9.17, 15) is 14.7 Å². The first-order valence-electron chi connectivity index (χ1n) is 12.1. The first-order valence-corrected chi connectivity index (χ1v) is 13.3.